The maximum atomic E-state index is 13.9. The molecule has 1 aliphatic heterocycles. The minimum atomic E-state index is -0.773. The molecule has 2 aromatic rings. The summed E-state index contributed by atoms with van der Waals surface area (Å²) in [4.78, 5) is 13.0. The van der Waals surface area contributed by atoms with Gasteiger partial charge in [0.05, 0.1) is 12.0 Å². The van der Waals surface area contributed by atoms with Crippen molar-refractivity contribution in [1.29, 1.82) is 0 Å². The van der Waals surface area contributed by atoms with Crippen molar-refractivity contribution in [2.45, 2.75) is 44.3 Å². The van der Waals surface area contributed by atoms with Gasteiger partial charge in [0.25, 0.3) is 0 Å². The summed E-state index contributed by atoms with van der Waals surface area (Å²) in [6.45, 7) is 0.258. The van der Waals surface area contributed by atoms with Crippen molar-refractivity contribution >= 4 is 5.97 Å². The summed E-state index contributed by atoms with van der Waals surface area (Å²) in [6.07, 6.45) is 3.12. The lowest BCUT2D eigenvalue weighted by atomic mass is 9.79. The lowest BCUT2D eigenvalue weighted by molar-refractivity contribution is -0.152. The van der Waals surface area contributed by atoms with Gasteiger partial charge in [0.1, 0.15) is 24.0 Å². The van der Waals surface area contributed by atoms with Crippen molar-refractivity contribution in [2.75, 3.05) is 6.79 Å². The molecule has 0 saturated heterocycles. The van der Waals surface area contributed by atoms with Crippen LogP contribution in [0.3, 0.4) is 0 Å². The van der Waals surface area contributed by atoms with Gasteiger partial charge in [-0.1, -0.05) is 25.0 Å². The van der Waals surface area contributed by atoms with Crippen LogP contribution in [0.1, 0.15) is 42.4 Å². The molecule has 1 aliphatic carbocycles. The molecule has 142 valence electrons. The molecule has 0 atom stereocenters. The lowest BCUT2D eigenvalue weighted by Gasteiger charge is -2.28. The van der Waals surface area contributed by atoms with E-state index in [1.165, 1.54) is 24.3 Å². The van der Waals surface area contributed by atoms with E-state index < -0.39 is 11.2 Å². The van der Waals surface area contributed by atoms with Crippen LogP contribution in [0, 0.1) is 11.6 Å². The van der Waals surface area contributed by atoms with Gasteiger partial charge in [-0.05, 0) is 42.7 Å². The van der Waals surface area contributed by atoms with E-state index in [2.05, 4.69) is 0 Å². The first-order valence-corrected chi connectivity index (χ1v) is 9.04. The highest BCUT2D eigenvalue weighted by Gasteiger charge is 2.44. The maximum Gasteiger partial charge on any atom is 0.316 e. The highest BCUT2D eigenvalue weighted by molar-refractivity contribution is 5.83. The number of rotatable bonds is 4. The molecule has 27 heavy (non-hydrogen) atoms. The summed E-state index contributed by atoms with van der Waals surface area (Å²) in [5.74, 6) is -0.622. The molecule has 2 aliphatic rings. The first kappa shape index (κ1) is 17.9. The maximum absolute atomic E-state index is 13.9. The zero-order valence-electron chi connectivity index (χ0n) is 14.8. The predicted octanol–water partition coefficient (Wildman–Crippen LogP) is 4.39. The van der Waals surface area contributed by atoms with Gasteiger partial charge >= 0.3 is 5.97 Å². The van der Waals surface area contributed by atoms with Crippen molar-refractivity contribution in [3.05, 3.63) is 64.7 Å². The summed E-state index contributed by atoms with van der Waals surface area (Å²) < 4.78 is 43.4. The summed E-state index contributed by atoms with van der Waals surface area (Å²) in [6, 6.07) is 8.69. The molecule has 0 amide bonds. The van der Waals surface area contributed by atoms with E-state index in [0.29, 0.717) is 29.7 Å². The Balaban J connectivity index is 1.56. The monoisotopic (exact) mass is 374 g/mol. The number of fused-ring (bicyclic) bond motifs is 1. The standard InChI is InChI=1S/C21H20F2O4/c22-17-5-3-16(4-6-17)21(7-1-2-8-21)20(24)26-12-15-10-18(23)9-14-11-25-13-27-19(14)15/h3-6,9-10H,1-2,7-8,11-13H2. The molecule has 0 spiro atoms. The highest BCUT2D eigenvalue weighted by atomic mass is 19.1. The second-order valence-corrected chi connectivity index (χ2v) is 7.04. The molecule has 6 heteroatoms. The third kappa shape index (κ3) is 3.41. The van der Waals surface area contributed by atoms with Crippen LogP contribution in [0.25, 0.3) is 0 Å². The van der Waals surface area contributed by atoms with Crippen LogP contribution in [-0.4, -0.2) is 12.8 Å². The minimum Gasteiger partial charge on any atom is -0.467 e. The number of ether oxygens (including phenoxy) is 3. The molecule has 4 rings (SSSR count). The highest BCUT2D eigenvalue weighted by Crippen LogP contribution is 2.42. The van der Waals surface area contributed by atoms with Crippen LogP contribution in [0.2, 0.25) is 0 Å². The van der Waals surface area contributed by atoms with Gasteiger partial charge in [-0.15, -0.1) is 0 Å². The summed E-state index contributed by atoms with van der Waals surface area (Å²) in [7, 11) is 0. The fourth-order valence-corrected chi connectivity index (χ4v) is 4.00. The normalized spacial score (nSPS) is 17.9. The molecular weight excluding hydrogens is 354 g/mol. The van der Waals surface area contributed by atoms with E-state index in [1.54, 1.807) is 12.1 Å². The molecule has 2 aromatic carbocycles. The third-order valence-corrected chi connectivity index (χ3v) is 5.36. The molecule has 1 fully saturated rings. The van der Waals surface area contributed by atoms with Crippen molar-refractivity contribution in [2.24, 2.45) is 0 Å². The third-order valence-electron chi connectivity index (χ3n) is 5.36. The van der Waals surface area contributed by atoms with E-state index in [-0.39, 0.29) is 31.8 Å². The smallest absolute Gasteiger partial charge is 0.316 e. The van der Waals surface area contributed by atoms with E-state index >= 15 is 0 Å². The van der Waals surface area contributed by atoms with Crippen LogP contribution >= 0.6 is 0 Å². The second-order valence-electron chi connectivity index (χ2n) is 7.04. The molecular formula is C21H20F2O4. The zero-order chi connectivity index (χ0) is 18.9. The Morgan fingerprint density at radius 2 is 1.81 bits per heavy atom. The van der Waals surface area contributed by atoms with Gasteiger partial charge in [-0.3, -0.25) is 4.79 Å². The number of hydrogen-bond donors (Lipinski definition) is 0. The number of esters is 1. The average molecular weight is 374 g/mol. The first-order valence-electron chi connectivity index (χ1n) is 9.04. The predicted molar refractivity (Wildman–Crippen MR) is 93.0 cm³/mol. The Labute approximate surface area is 156 Å². The van der Waals surface area contributed by atoms with Gasteiger partial charge in [-0.2, -0.15) is 0 Å². The van der Waals surface area contributed by atoms with Crippen LogP contribution < -0.4 is 4.74 Å². The quantitative estimate of drug-likeness (QED) is 0.745. The lowest BCUT2D eigenvalue weighted by Crippen LogP contribution is -2.34. The van der Waals surface area contributed by atoms with Crippen LogP contribution in [0.4, 0.5) is 8.78 Å². The topological polar surface area (TPSA) is 44.8 Å². The van der Waals surface area contributed by atoms with Gasteiger partial charge in [0.15, 0.2) is 6.79 Å². The first-order chi connectivity index (χ1) is 13.1. The second kappa shape index (κ2) is 7.27. The summed E-state index contributed by atoms with van der Waals surface area (Å²) >= 11 is 0. The average Bonchev–Trinajstić information content (AvgIpc) is 3.17. The van der Waals surface area contributed by atoms with Gasteiger partial charge < -0.3 is 14.2 Å². The molecule has 1 saturated carbocycles. The van der Waals surface area contributed by atoms with Gasteiger partial charge in [0.2, 0.25) is 0 Å². The van der Waals surface area contributed by atoms with Crippen molar-refractivity contribution in [3.63, 3.8) is 0 Å². The molecule has 4 nitrogen and oxygen atoms in total. The molecule has 0 aromatic heterocycles. The van der Waals surface area contributed by atoms with Crippen molar-refractivity contribution < 1.29 is 27.8 Å². The largest absolute Gasteiger partial charge is 0.467 e. The van der Waals surface area contributed by atoms with Crippen LogP contribution in [0.15, 0.2) is 36.4 Å². The summed E-state index contributed by atoms with van der Waals surface area (Å²) in [5, 5.41) is 0. The van der Waals surface area contributed by atoms with Gasteiger partial charge in [0, 0.05) is 11.1 Å². The minimum absolute atomic E-state index is 0.0815. The Morgan fingerprint density at radius 3 is 2.56 bits per heavy atom. The van der Waals surface area contributed by atoms with Crippen LogP contribution in [0.5, 0.6) is 5.75 Å². The zero-order valence-corrected chi connectivity index (χ0v) is 14.8. The Morgan fingerprint density at radius 1 is 1.07 bits per heavy atom. The molecule has 1 heterocycles. The Hall–Kier alpha value is -2.47. The van der Waals surface area contributed by atoms with E-state index in [1.807, 2.05) is 0 Å². The molecule has 0 N–H and O–H groups in total. The number of halogens is 2. The molecule has 0 bridgehead atoms. The SMILES string of the molecule is O=C(OCc1cc(F)cc2c1OCOC2)C1(c2ccc(F)cc2)CCCC1. The van der Waals surface area contributed by atoms with E-state index in [4.69, 9.17) is 14.2 Å². The van der Waals surface area contributed by atoms with Gasteiger partial charge in [-0.25, -0.2) is 8.78 Å². The summed E-state index contributed by atoms with van der Waals surface area (Å²) in [5.41, 5.74) is 1.07. The number of carbonyl (C=O) groups excluding carboxylic acids is 1. The van der Waals surface area contributed by atoms with Crippen molar-refractivity contribution in [1.82, 2.24) is 0 Å². The molecule has 0 unspecified atom stereocenters. The Kier molecular flexibility index (Phi) is 4.83. The van der Waals surface area contributed by atoms with Crippen molar-refractivity contribution in [3.8, 4) is 5.75 Å². The number of carbonyl (C=O) groups is 1. The number of hydrogen-bond acceptors (Lipinski definition) is 4. The molecule has 0 radical (unpaired) electrons. The fourth-order valence-electron chi connectivity index (χ4n) is 4.00. The van der Waals surface area contributed by atoms with E-state index in [9.17, 15) is 13.6 Å². The van der Waals surface area contributed by atoms with E-state index in [0.717, 1.165) is 18.4 Å². The fraction of sp³-hybridized carbons (Fsp3) is 0.381. The van der Waals surface area contributed by atoms with Crippen LogP contribution in [-0.2, 0) is 32.9 Å². The Bertz CT molecular complexity index is 842. The number of benzene rings is 2.